The number of fused-ring (bicyclic) bond motifs is 1. The predicted octanol–water partition coefficient (Wildman–Crippen LogP) is 5.64. The molecule has 166 valence electrons. The van der Waals surface area contributed by atoms with E-state index >= 15 is 0 Å². The van der Waals surface area contributed by atoms with Crippen LogP contribution in [0.3, 0.4) is 0 Å². The number of rotatable bonds is 7. The number of Topliss-reactive ketones (excluding diaryl/α,β-unsaturated/α-hetero) is 1. The van der Waals surface area contributed by atoms with E-state index in [9.17, 15) is 4.79 Å². The lowest BCUT2D eigenvalue weighted by Crippen LogP contribution is -2.09. The molecule has 0 saturated carbocycles. The molecule has 0 spiro atoms. The average molecular weight is 456 g/mol. The van der Waals surface area contributed by atoms with Gasteiger partial charge in [0.15, 0.2) is 11.4 Å². The molecule has 0 aliphatic rings. The van der Waals surface area contributed by atoms with Gasteiger partial charge in [-0.1, -0.05) is 13.0 Å². The minimum Gasteiger partial charge on any atom is -0.296 e. The third-order valence-electron chi connectivity index (χ3n) is 5.83. The number of pyridine rings is 2. The lowest BCUT2D eigenvalue weighted by atomic mass is 10.0. The van der Waals surface area contributed by atoms with Crippen LogP contribution in [-0.2, 0) is 12.8 Å². The molecule has 5 rings (SSSR count). The molecule has 7 heteroatoms. The quantitative estimate of drug-likeness (QED) is 0.298. The van der Waals surface area contributed by atoms with E-state index in [0.29, 0.717) is 18.4 Å². The van der Waals surface area contributed by atoms with E-state index < -0.39 is 0 Å². The minimum absolute atomic E-state index is 0.0888. The second-order valence-corrected chi connectivity index (χ2v) is 9.47. The van der Waals surface area contributed by atoms with Crippen LogP contribution in [0.25, 0.3) is 21.9 Å². The van der Waals surface area contributed by atoms with Crippen molar-refractivity contribution < 1.29 is 4.79 Å². The number of nitrogens with zero attached hydrogens (tertiary/aromatic N) is 5. The lowest BCUT2D eigenvalue weighted by molar-refractivity contribution is 0.0982. The monoisotopic (exact) mass is 455 g/mol. The number of imidazole rings is 1. The number of carbonyl (C=O) groups excluding carboxylic acids is 1. The van der Waals surface area contributed by atoms with Crippen molar-refractivity contribution in [3.63, 3.8) is 0 Å². The Labute approximate surface area is 196 Å². The maximum Gasteiger partial charge on any atom is 0.164 e. The molecule has 0 amide bonds. The van der Waals surface area contributed by atoms with Gasteiger partial charge in [-0.3, -0.25) is 14.2 Å². The van der Waals surface area contributed by atoms with Gasteiger partial charge in [0, 0.05) is 46.8 Å². The third kappa shape index (κ3) is 4.12. The van der Waals surface area contributed by atoms with Crippen molar-refractivity contribution in [3.8, 4) is 16.3 Å². The highest BCUT2D eigenvalue weighted by Gasteiger charge is 2.18. The average Bonchev–Trinajstić information content (AvgIpc) is 3.56. The topological polar surface area (TPSA) is 65.1 Å². The second kappa shape index (κ2) is 8.75. The van der Waals surface area contributed by atoms with Gasteiger partial charge in [0.05, 0.1) is 16.8 Å². The first-order valence-electron chi connectivity index (χ1n) is 11.1. The van der Waals surface area contributed by atoms with Crippen LogP contribution in [0.5, 0.6) is 0 Å². The predicted molar refractivity (Wildman–Crippen MR) is 131 cm³/mol. The molecule has 0 atom stereocenters. The van der Waals surface area contributed by atoms with E-state index in [4.69, 9.17) is 4.98 Å². The Morgan fingerprint density at radius 3 is 2.67 bits per heavy atom. The number of thiophene rings is 1. The molecule has 5 aromatic heterocycles. The van der Waals surface area contributed by atoms with E-state index in [-0.39, 0.29) is 5.78 Å². The van der Waals surface area contributed by atoms with Gasteiger partial charge in [-0.25, -0.2) is 9.67 Å². The number of hydrogen-bond acceptors (Lipinski definition) is 5. The van der Waals surface area contributed by atoms with Crippen LogP contribution in [-0.4, -0.2) is 29.9 Å². The fourth-order valence-electron chi connectivity index (χ4n) is 4.00. The van der Waals surface area contributed by atoms with Crippen LogP contribution in [0.15, 0.2) is 61.2 Å². The Morgan fingerprint density at radius 1 is 1.06 bits per heavy atom. The molecule has 33 heavy (non-hydrogen) atoms. The van der Waals surface area contributed by atoms with Gasteiger partial charge in [0.2, 0.25) is 0 Å². The largest absolute Gasteiger partial charge is 0.296 e. The minimum atomic E-state index is 0.0888. The molecule has 5 heterocycles. The third-order valence-corrected chi connectivity index (χ3v) is 6.85. The first-order valence-corrected chi connectivity index (χ1v) is 11.9. The van der Waals surface area contributed by atoms with E-state index in [2.05, 4.69) is 36.1 Å². The van der Waals surface area contributed by atoms with Crippen LogP contribution in [0.1, 0.15) is 45.5 Å². The Kier molecular flexibility index (Phi) is 5.64. The number of carbonyl (C=O) groups is 1. The van der Waals surface area contributed by atoms with E-state index in [1.807, 2.05) is 58.9 Å². The van der Waals surface area contributed by atoms with Crippen molar-refractivity contribution in [2.24, 2.45) is 0 Å². The molecule has 0 bridgehead atoms. The van der Waals surface area contributed by atoms with Gasteiger partial charge < -0.3 is 0 Å². The normalized spacial score (nSPS) is 11.4. The van der Waals surface area contributed by atoms with E-state index in [1.54, 1.807) is 17.5 Å². The molecule has 0 fully saturated rings. The number of aromatic nitrogens is 5. The Balaban J connectivity index is 1.59. The molecule has 0 aliphatic heterocycles. The maximum absolute atomic E-state index is 13.3. The molecule has 0 unspecified atom stereocenters. The van der Waals surface area contributed by atoms with Crippen molar-refractivity contribution in [2.75, 3.05) is 0 Å². The van der Waals surface area contributed by atoms with Gasteiger partial charge >= 0.3 is 0 Å². The standard InChI is InChI=1S/C26H25N5OS/c1-4-21-11-12-29-31(21)22-13-20(24(32)9-8-19-7-5-17(2)27-14-19)16-30-23(15-28-26(22)30)25-10-6-18(3)33-25/h5-7,10-16H,4,8-9H2,1-3H3. The summed E-state index contributed by atoms with van der Waals surface area (Å²) < 4.78 is 3.93. The molecule has 5 aromatic rings. The summed E-state index contributed by atoms with van der Waals surface area (Å²) in [5.74, 6) is 0.0888. The zero-order valence-electron chi connectivity index (χ0n) is 18.9. The number of aryl methyl sites for hydroxylation is 4. The highest BCUT2D eigenvalue weighted by atomic mass is 32.1. The van der Waals surface area contributed by atoms with Gasteiger partial charge in [0.1, 0.15) is 5.69 Å². The van der Waals surface area contributed by atoms with Crippen LogP contribution in [0.2, 0.25) is 0 Å². The highest BCUT2D eigenvalue weighted by Crippen LogP contribution is 2.31. The van der Waals surface area contributed by atoms with Gasteiger partial charge in [0.25, 0.3) is 0 Å². The maximum atomic E-state index is 13.3. The van der Waals surface area contributed by atoms with Crippen LogP contribution >= 0.6 is 11.3 Å². The van der Waals surface area contributed by atoms with E-state index in [0.717, 1.165) is 45.3 Å². The number of ketones is 1. The molecule has 0 radical (unpaired) electrons. The van der Waals surface area contributed by atoms with Crippen molar-refractivity contribution in [1.82, 2.24) is 24.1 Å². The first kappa shape index (κ1) is 21.3. The zero-order valence-corrected chi connectivity index (χ0v) is 19.8. The Bertz CT molecular complexity index is 1440. The van der Waals surface area contributed by atoms with Gasteiger partial charge in [-0.05, 0) is 62.6 Å². The summed E-state index contributed by atoms with van der Waals surface area (Å²) >= 11 is 1.72. The fourth-order valence-corrected chi connectivity index (χ4v) is 4.87. The van der Waals surface area contributed by atoms with Crippen molar-refractivity contribution >= 4 is 22.8 Å². The fraction of sp³-hybridized carbons (Fsp3) is 0.231. The molecule has 0 saturated heterocycles. The van der Waals surface area contributed by atoms with Crippen LogP contribution < -0.4 is 0 Å². The molecular formula is C26H25N5OS. The highest BCUT2D eigenvalue weighted by molar-refractivity contribution is 7.15. The second-order valence-electron chi connectivity index (χ2n) is 8.18. The lowest BCUT2D eigenvalue weighted by Gasteiger charge is -2.12. The zero-order chi connectivity index (χ0) is 22.9. The summed E-state index contributed by atoms with van der Waals surface area (Å²) in [6, 6.07) is 12.2. The summed E-state index contributed by atoms with van der Waals surface area (Å²) in [5.41, 5.74) is 6.35. The summed E-state index contributed by atoms with van der Waals surface area (Å²) in [6.07, 6.45) is 9.34. The molecule has 0 N–H and O–H groups in total. The van der Waals surface area contributed by atoms with Crippen molar-refractivity contribution in [2.45, 2.75) is 40.0 Å². The Hall–Kier alpha value is -3.58. The Morgan fingerprint density at radius 2 is 1.94 bits per heavy atom. The van der Waals surface area contributed by atoms with Gasteiger partial charge in [-0.2, -0.15) is 5.10 Å². The SMILES string of the molecule is CCc1ccnn1-c1cc(C(=O)CCc2ccc(C)nc2)cn2c(-c3ccc(C)s3)cnc12. The summed E-state index contributed by atoms with van der Waals surface area (Å²) in [5, 5.41) is 4.54. The van der Waals surface area contributed by atoms with Crippen molar-refractivity contribution in [1.29, 1.82) is 0 Å². The van der Waals surface area contributed by atoms with Crippen LogP contribution in [0.4, 0.5) is 0 Å². The molecular weight excluding hydrogens is 430 g/mol. The summed E-state index contributed by atoms with van der Waals surface area (Å²) in [4.78, 5) is 24.7. The molecule has 0 aliphatic carbocycles. The first-order chi connectivity index (χ1) is 16.0. The van der Waals surface area contributed by atoms with Crippen LogP contribution in [0, 0.1) is 13.8 Å². The van der Waals surface area contributed by atoms with Crippen molar-refractivity contribution in [3.05, 3.63) is 88.6 Å². The van der Waals surface area contributed by atoms with E-state index in [1.165, 1.54) is 4.88 Å². The number of hydrogen-bond donors (Lipinski definition) is 0. The summed E-state index contributed by atoms with van der Waals surface area (Å²) in [6.45, 7) is 6.15. The van der Waals surface area contributed by atoms with Gasteiger partial charge in [-0.15, -0.1) is 11.3 Å². The summed E-state index contributed by atoms with van der Waals surface area (Å²) in [7, 11) is 0. The smallest absolute Gasteiger partial charge is 0.164 e. The molecule has 0 aromatic carbocycles. The molecule has 6 nitrogen and oxygen atoms in total.